The molecule has 182 valence electrons. The van der Waals surface area contributed by atoms with Gasteiger partial charge in [0.25, 0.3) is 5.69 Å². The maximum absolute atomic E-state index is 12.1. The van der Waals surface area contributed by atoms with Crippen molar-refractivity contribution in [3.05, 3.63) is 56.1 Å². The van der Waals surface area contributed by atoms with Gasteiger partial charge in [0.2, 0.25) is 5.91 Å². The third-order valence-corrected chi connectivity index (χ3v) is 4.73. The molecule has 2 aromatic rings. The minimum absolute atomic E-state index is 0.0461. The zero-order valence-corrected chi connectivity index (χ0v) is 19.0. The van der Waals surface area contributed by atoms with E-state index in [-0.39, 0.29) is 30.2 Å². The fraction of sp³-hybridized carbons (Fsp3) is 0.286. The summed E-state index contributed by atoms with van der Waals surface area (Å²) in [5.41, 5.74) is -1.45. The first-order valence-electron chi connectivity index (χ1n) is 10.2. The molecule has 0 aliphatic carbocycles. The van der Waals surface area contributed by atoms with Crippen molar-refractivity contribution in [1.29, 1.82) is 5.26 Å². The Labute approximate surface area is 199 Å². The van der Waals surface area contributed by atoms with Gasteiger partial charge in [0, 0.05) is 24.7 Å². The first-order chi connectivity index (χ1) is 16.6. The smallest absolute Gasteiger partial charge is 0.325 e. The van der Waals surface area contributed by atoms with Gasteiger partial charge in [0.05, 0.1) is 34.3 Å². The van der Waals surface area contributed by atoms with Crippen LogP contribution >= 0.6 is 0 Å². The van der Waals surface area contributed by atoms with Crippen LogP contribution in [0.2, 0.25) is 0 Å². The van der Waals surface area contributed by atoms with Crippen molar-refractivity contribution in [2.45, 2.75) is 20.3 Å². The van der Waals surface area contributed by atoms with Gasteiger partial charge in [-0.15, -0.1) is 10.2 Å². The molecule has 2 aromatic carbocycles. The number of nitrogens with zero attached hydrogens (tertiary/aromatic N) is 6. The van der Waals surface area contributed by atoms with E-state index in [4.69, 9.17) is 4.74 Å². The minimum atomic E-state index is -0.906. The molecule has 0 fully saturated rings. The summed E-state index contributed by atoms with van der Waals surface area (Å²) in [6, 6.07) is 7.80. The van der Waals surface area contributed by atoms with Crippen LogP contribution in [-0.4, -0.2) is 41.9 Å². The molecule has 0 saturated heterocycles. The first kappa shape index (κ1) is 26.3. The topological polar surface area (TPSA) is 193 Å². The molecule has 0 heterocycles. The molecule has 0 spiro atoms. The van der Waals surface area contributed by atoms with Gasteiger partial charge >= 0.3 is 11.7 Å². The number of hydrogen-bond donors (Lipinski definition) is 1. The maximum atomic E-state index is 12.1. The quantitative estimate of drug-likeness (QED) is 0.224. The van der Waals surface area contributed by atoms with Gasteiger partial charge in [-0.25, -0.2) is 0 Å². The van der Waals surface area contributed by atoms with Crippen molar-refractivity contribution in [3.8, 4) is 6.07 Å². The van der Waals surface area contributed by atoms with Crippen LogP contribution in [0, 0.1) is 31.6 Å². The van der Waals surface area contributed by atoms with Crippen molar-refractivity contribution < 1.29 is 24.2 Å². The van der Waals surface area contributed by atoms with E-state index in [1.54, 1.807) is 30.0 Å². The largest absolute Gasteiger partial charge is 0.468 e. The average Bonchev–Trinajstić information content (AvgIpc) is 2.85. The van der Waals surface area contributed by atoms with Crippen molar-refractivity contribution >= 4 is 46.0 Å². The molecule has 35 heavy (non-hydrogen) atoms. The first-order valence-corrected chi connectivity index (χ1v) is 10.2. The number of carbonyl (C=O) groups is 2. The second-order valence-electron chi connectivity index (χ2n) is 6.88. The Morgan fingerprint density at radius 3 is 2.40 bits per heavy atom. The number of non-ortho nitro benzene ring substituents is 1. The zero-order chi connectivity index (χ0) is 26.1. The standard InChI is InChI=1S/C21H21N7O7/c1-4-19(29)23-17-9-14(26(5-2)12-20(30)35-3)6-7-16(17)24-25-21-13(11-22)8-15(27(31)32)10-18(21)28(33)34/h6-10H,4-5,12H2,1-3H3,(H,23,29)/b25-24+. The van der Waals surface area contributed by atoms with E-state index >= 15 is 0 Å². The number of likely N-dealkylation sites (N-methyl/N-ethyl adjacent to an activating group) is 1. The Morgan fingerprint density at radius 2 is 1.86 bits per heavy atom. The van der Waals surface area contributed by atoms with Gasteiger partial charge in [0.1, 0.15) is 18.3 Å². The van der Waals surface area contributed by atoms with E-state index in [0.717, 1.165) is 6.07 Å². The van der Waals surface area contributed by atoms with Crippen LogP contribution in [0.5, 0.6) is 0 Å². The zero-order valence-electron chi connectivity index (χ0n) is 19.0. The number of azo groups is 1. The second-order valence-corrected chi connectivity index (χ2v) is 6.88. The van der Waals surface area contributed by atoms with E-state index in [1.807, 2.05) is 6.92 Å². The van der Waals surface area contributed by atoms with Crippen LogP contribution in [0.1, 0.15) is 25.8 Å². The van der Waals surface area contributed by atoms with Crippen molar-refractivity contribution in [2.75, 3.05) is 30.4 Å². The summed E-state index contributed by atoms with van der Waals surface area (Å²) in [4.78, 5) is 46.2. The molecule has 0 unspecified atom stereocenters. The Bertz CT molecular complexity index is 1240. The van der Waals surface area contributed by atoms with Crippen LogP contribution in [0.4, 0.5) is 34.1 Å². The molecule has 0 saturated carbocycles. The Balaban J connectivity index is 2.60. The predicted octanol–water partition coefficient (Wildman–Crippen LogP) is 4.14. The van der Waals surface area contributed by atoms with Crippen molar-refractivity contribution in [2.24, 2.45) is 10.2 Å². The molecule has 0 aromatic heterocycles. The molecule has 0 atom stereocenters. The Hall–Kier alpha value is -4.93. The summed E-state index contributed by atoms with van der Waals surface area (Å²) in [5, 5.41) is 42.3. The van der Waals surface area contributed by atoms with Crippen LogP contribution in [0.15, 0.2) is 40.6 Å². The molecular weight excluding hydrogens is 462 g/mol. The SMILES string of the molecule is CCC(=O)Nc1cc(N(CC)CC(=O)OC)ccc1/N=N/c1c(C#N)cc([N+](=O)[O-])cc1[N+](=O)[O-]. The predicted molar refractivity (Wildman–Crippen MR) is 124 cm³/mol. The van der Waals surface area contributed by atoms with Gasteiger partial charge in [-0.1, -0.05) is 6.92 Å². The van der Waals surface area contributed by atoms with Gasteiger partial charge in [-0.05, 0) is 25.1 Å². The molecule has 0 radical (unpaired) electrons. The fourth-order valence-electron chi connectivity index (χ4n) is 2.90. The number of ether oxygens (including phenoxy) is 1. The normalized spacial score (nSPS) is 10.5. The summed E-state index contributed by atoms with van der Waals surface area (Å²) in [7, 11) is 1.26. The van der Waals surface area contributed by atoms with Gasteiger partial charge in [0.15, 0.2) is 5.69 Å². The third-order valence-electron chi connectivity index (χ3n) is 4.73. The lowest BCUT2D eigenvalue weighted by Gasteiger charge is -2.22. The lowest BCUT2D eigenvalue weighted by molar-refractivity contribution is -0.393. The number of nitro benzene ring substituents is 2. The highest BCUT2D eigenvalue weighted by Gasteiger charge is 2.25. The number of benzene rings is 2. The maximum Gasteiger partial charge on any atom is 0.325 e. The Morgan fingerprint density at radius 1 is 1.14 bits per heavy atom. The number of esters is 1. The summed E-state index contributed by atoms with van der Waals surface area (Å²) >= 11 is 0. The number of nitro groups is 2. The lowest BCUT2D eigenvalue weighted by atomic mass is 10.1. The van der Waals surface area contributed by atoms with E-state index in [1.165, 1.54) is 13.2 Å². The molecule has 0 aliphatic heterocycles. The molecular formula is C21H21N7O7. The van der Waals surface area contributed by atoms with E-state index < -0.39 is 38.4 Å². The van der Waals surface area contributed by atoms with Gasteiger partial charge < -0.3 is 15.0 Å². The van der Waals surface area contributed by atoms with E-state index in [9.17, 15) is 35.1 Å². The number of rotatable bonds is 10. The molecule has 2 rings (SSSR count). The van der Waals surface area contributed by atoms with E-state index in [0.29, 0.717) is 18.3 Å². The number of carbonyl (C=O) groups excluding carboxylic acids is 2. The van der Waals surface area contributed by atoms with Crippen molar-refractivity contribution in [1.82, 2.24) is 0 Å². The second kappa shape index (κ2) is 11.8. The number of nitriles is 1. The number of methoxy groups -OCH3 is 1. The molecule has 1 N–H and O–H groups in total. The molecule has 0 aliphatic rings. The highest BCUT2D eigenvalue weighted by molar-refractivity contribution is 5.94. The number of anilines is 2. The molecule has 0 bridgehead atoms. The van der Waals surface area contributed by atoms with Gasteiger partial charge in [-0.2, -0.15) is 5.26 Å². The molecule has 14 nitrogen and oxygen atoms in total. The molecule has 1 amide bonds. The summed E-state index contributed by atoms with van der Waals surface area (Å²) < 4.78 is 4.70. The summed E-state index contributed by atoms with van der Waals surface area (Å²) in [5.74, 6) is -0.821. The van der Waals surface area contributed by atoms with Crippen LogP contribution < -0.4 is 10.2 Å². The Kier molecular flexibility index (Phi) is 8.87. The number of nitrogens with one attached hydrogen (secondary N) is 1. The van der Waals surface area contributed by atoms with Crippen LogP contribution in [-0.2, 0) is 14.3 Å². The van der Waals surface area contributed by atoms with Gasteiger partial charge in [-0.3, -0.25) is 29.8 Å². The van der Waals surface area contributed by atoms with Crippen LogP contribution in [0.3, 0.4) is 0 Å². The van der Waals surface area contributed by atoms with Crippen molar-refractivity contribution in [3.63, 3.8) is 0 Å². The summed E-state index contributed by atoms with van der Waals surface area (Å²) in [6.07, 6.45) is 0.146. The lowest BCUT2D eigenvalue weighted by Crippen LogP contribution is -2.30. The minimum Gasteiger partial charge on any atom is -0.468 e. The third kappa shape index (κ3) is 6.54. The monoisotopic (exact) mass is 483 g/mol. The van der Waals surface area contributed by atoms with E-state index in [2.05, 4.69) is 15.5 Å². The fourth-order valence-corrected chi connectivity index (χ4v) is 2.90. The number of hydrogen-bond acceptors (Lipinski definition) is 11. The highest BCUT2D eigenvalue weighted by Crippen LogP contribution is 2.38. The average molecular weight is 483 g/mol. The van der Waals surface area contributed by atoms with Crippen LogP contribution in [0.25, 0.3) is 0 Å². The molecule has 14 heteroatoms. The number of amides is 1. The summed E-state index contributed by atoms with van der Waals surface area (Å²) in [6.45, 7) is 3.85. The highest BCUT2D eigenvalue weighted by atomic mass is 16.6.